The van der Waals surface area contributed by atoms with Crippen molar-refractivity contribution < 1.29 is 9.90 Å². The fourth-order valence-corrected chi connectivity index (χ4v) is 1.29. The van der Waals surface area contributed by atoms with Crippen LogP contribution in [0.2, 0.25) is 0 Å². The van der Waals surface area contributed by atoms with E-state index in [0.29, 0.717) is 0 Å². The van der Waals surface area contributed by atoms with E-state index < -0.39 is 6.09 Å². The van der Waals surface area contributed by atoms with Crippen LogP contribution < -0.4 is 0 Å². The zero-order valence-corrected chi connectivity index (χ0v) is 8.69. The molecule has 0 bridgehead atoms. The van der Waals surface area contributed by atoms with Gasteiger partial charge in [-0.3, -0.25) is 4.90 Å². The molecule has 1 aliphatic rings. The maximum absolute atomic E-state index is 11.0. The molecule has 0 aromatic carbocycles. The summed E-state index contributed by atoms with van der Waals surface area (Å²) in [6.07, 6.45) is 7.81. The Hall–Kier alpha value is -1.51. The monoisotopic (exact) mass is 193 g/mol. The number of allylic oxidation sites excluding steroid dienone is 5. The van der Waals surface area contributed by atoms with Gasteiger partial charge in [-0.1, -0.05) is 32.9 Å². The van der Waals surface area contributed by atoms with Gasteiger partial charge < -0.3 is 5.11 Å². The number of amides is 1. The van der Waals surface area contributed by atoms with Crippen LogP contribution in [0, 0.1) is 5.41 Å². The third-order valence-electron chi connectivity index (χ3n) is 1.95. The molecule has 76 valence electrons. The molecule has 0 radical (unpaired) electrons. The number of hydrogen-bond acceptors (Lipinski definition) is 1. The number of carbonyl (C=O) groups is 1. The predicted octanol–water partition coefficient (Wildman–Crippen LogP) is 2.98. The summed E-state index contributed by atoms with van der Waals surface area (Å²) in [5, 5.41) is 9.00. The first-order valence-electron chi connectivity index (χ1n) is 4.51. The number of rotatable bonds is 0. The van der Waals surface area contributed by atoms with E-state index in [9.17, 15) is 4.79 Å². The molecule has 0 saturated carbocycles. The molecule has 0 aromatic rings. The predicted molar refractivity (Wildman–Crippen MR) is 55.7 cm³/mol. The van der Waals surface area contributed by atoms with Crippen LogP contribution in [0.5, 0.6) is 0 Å². The molecule has 0 atom stereocenters. The topological polar surface area (TPSA) is 40.5 Å². The number of hydrogen-bond donors (Lipinski definition) is 1. The molecule has 0 aliphatic carbocycles. The molecule has 0 saturated heterocycles. The van der Waals surface area contributed by atoms with E-state index in [1.807, 2.05) is 39.0 Å². The first kappa shape index (κ1) is 10.6. The highest BCUT2D eigenvalue weighted by atomic mass is 16.4. The summed E-state index contributed by atoms with van der Waals surface area (Å²) < 4.78 is 0. The van der Waals surface area contributed by atoms with Crippen molar-refractivity contribution in [2.24, 2.45) is 5.41 Å². The van der Waals surface area contributed by atoms with Crippen LogP contribution in [-0.4, -0.2) is 16.1 Å². The molecule has 1 amide bonds. The van der Waals surface area contributed by atoms with Crippen LogP contribution >= 0.6 is 0 Å². The van der Waals surface area contributed by atoms with Gasteiger partial charge in [0.25, 0.3) is 0 Å². The van der Waals surface area contributed by atoms with E-state index in [1.54, 1.807) is 12.3 Å². The Morgan fingerprint density at radius 3 is 2.43 bits per heavy atom. The highest BCUT2D eigenvalue weighted by Crippen LogP contribution is 2.29. The van der Waals surface area contributed by atoms with Crippen LogP contribution in [-0.2, 0) is 0 Å². The van der Waals surface area contributed by atoms with Crippen LogP contribution in [0.4, 0.5) is 4.79 Å². The first-order chi connectivity index (χ1) is 6.43. The van der Waals surface area contributed by atoms with E-state index in [4.69, 9.17) is 5.11 Å². The molecule has 3 nitrogen and oxygen atoms in total. The van der Waals surface area contributed by atoms with Gasteiger partial charge in [-0.2, -0.15) is 0 Å². The lowest BCUT2D eigenvalue weighted by atomic mass is 9.91. The molecule has 1 aliphatic heterocycles. The maximum atomic E-state index is 11.0. The van der Waals surface area contributed by atoms with Gasteiger partial charge in [-0.15, -0.1) is 0 Å². The molecule has 1 N–H and O–H groups in total. The number of nitrogens with zero attached hydrogens (tertiary/aromatic N) is 1. The Bertz CT molecular complexity index is 319. The molecular formula is C11H15NO2. The van der Waals surface area contributed by atoms with Crippen molar-refractivity contribution in [3.05, 3.63) is 36.2 Å². The van der Waals surface area contributed by atoms with E-state index in [2.05, 4.69) is 0 Å². The van der Waals surface area contributed by atoms with Crippen LogP contribution in [0.25, 0.3) is 0 Å². The summed E-state index contributed by atoms with van der Waals surface area (Å²) >= 11 is 0. The minimum atomic E-state index is -0.953. The van der Waals surface area contributed by atoms with Gasteiger partial charge in [-0.05, 0) is 12.2 Å². The molecule has 1 rings (SSSR count). The molecule has 0 fully saturated rings. The Labute approximate surface area is 84.0 Å². The van der Waals surface area contributed by atoms with Gasteiger partial charge in [0.15, 0.2) is 0 Å². The zero-order valence-electron chi connectivity index (χ0n) is 8.69. The Morgan fingerprint density at radius 2 is 1.93 bits per heavy atom. The largest absolute Gasteiger partial charge is 0.464 e. The minimum absolute atomic E-state index is 0.183. The summed E-state index contributed by atoms with van der Waals surface area (Å²) in [6.45, 7) is 5.96. The molecule has 0 aromatic heterocycles. The average Bonchev–Trinajstić information content (AvgIpc) is 2.26. The molecule has 1 heterocycles. The molecule has 0 spiro atoms. The van der Waals surface area contributed by atoms with Gasteiger partial charge in [-0.25, -0.2) is 4.79 Å². The van der Waals surface area contributed by atoms with Crippen molar-refractivity contribution in [3.63, 3.8) is 0 Å². The van der Waals surface area contributed by atoms with Gasteiger partial charge >= 0.3 is 6.09 Å². The highest BCUT2D eigenvalue weighted by Gasteiger charge is 2.25. The van der Waals surface area contributed by atoms with Gasteiger partial charge in [0.1, 0.15) is 0 Å². The SMILES string of the molecule is CC(C)(C)C1=CC=CC=CN1C(=O)O. The third kappa shape index (κ3) is 2.25. The number of carboxylic acid groups (broad SMARTS) is 1. The second kappa shape index (κ2) is 3.70. The lowest BCUT2D eigenvalue weighted by Crippen LogP contribution is -2.30. The molecule has 3 heteroatoms. The quantitative estimate of drug-likeness (QED) is 0.642. The molecule has 14 heavy (non-hydrogen) atoms. The van der Waals surface area contributed by atoms with Crippen molar-refractivity contribution in [3.8, 4) is 0 Å². The van der Waals surface area contributed by atoms with Crippen molar-refractivity contribution in [2.75, 3.05) is 0 Å². The lowest BCUT2D eigenvalue weighted by Gasteiger charge is -2.28. The standard InChI is InChI=1S/C11H15NO2/c1-11(2,3)9-7-5-4-6-8-12(9)10(13)14/h4-8H,1-3H3,(H,13,14). The summed E-state index contributed by atoms with van der Waals surface area (Å²) in [5.41, 5.74) is 0.590. The van der Waals surface area contributed by atoms with E-state index >= 15 is 0 Å². The van der Waals surface area contributed by atoms with E-state index in [-0.39, 0.29) is 5.41 Å². The minimum Gasteiger partial charge on any atom is -0.464 e. The van der Waals surface area contributed by atoms with E-state index in [1.165, 1.54) is 4.90 Å². The van der Waals surface area contributed by atoms with Crippen LogP contribution in [0.15, 0.2) is 36.2 Å². The zero-order chi connectivity index (χ0) is 10.8. The second-order valence-corrected chi connectivity index (χ2v) is 4.18. The summed E-state index contributed by atoms with van der Waals surface area (Å²) in [4.78, 5) is 12.2. The smallest absolute Gasteiger partial charge is 0.415 e. The van der Waals surface area contributed by atoms with E-state index in [0.717, 1.165) is 5.70 Å². The second-order valence-electron chi connectivity index (χ2n) is 4.18. The summed E-state index contributed by atoms with van der Waals surface area (Å²) in [6, 6.07) is 0. The van der Waals surface area contributed by atoms with Crippen molar-refractivity contribution >= 4 is 6.09 Å². The van der Waals surface area contributed by atoms with Crippen LogP contribution in [0.3, 0.4) is 0 Å². The van der Waals surface area contributed by atoms with Gasteiger partial charge in [0, 0.05) is 17.3 Å². The third-order valence-corrected chi connectivity index (χ3v) is 1.95. The lowest BCUT2D eigenvalue weighted by molar-refractivity contribution is 0.165. The van der Waals surface area contributed by atoms with Gasteiger partial charge in [0.2, 0.25) is 0 Å². The van der Waals surface area contributed by atoms with Crippen LogP contribution in [0.1, 0.15) is 20.8 Å². The van der Waals surface area contributed by atoms with Gasteiger partial charge in [0.05, 0.1) is 0 Å². The summed E-state index contributed by atoms with van der Waals surface area (Å²) in [7, 11) is 0. The van der Waals surface area contributed by atoms with Crippen molar-refractivity contribution in [1.29, 1.82) is 0 Å². The first-order valence-corrected chi connectivity index (χ1v) is 4.51. The van der Waals surface area contributed by atoms with Crippen molar-refractivity contribution in [1.82, 2.24) is 4.90 Å². The normalized spacial score (nSPS) is 16.5. The molecule has 0 unspecified atom stereocenters. The Morgan fingerprint density at radius 1 is 1.29 bits per heavy atom. The molecular weight excluding hydrogens is 178 g/mol. The average molecular weight is 193 g/mol. The Balaban J connectivity index is 3.10. The summed E-state index contributed by atoms with van der Waals surface area (Å²) in [5.74, 6) is 0. The Kier molecular flexibility index (Phi) is 2.79. The maximum Gasteiger partial charge on any atom is 0.415 e. The fourth-order valence-electron chi connectivity index (χ4n) is 1.29. The van der Waals surface area contributed by atoms with Crippen molar-refractivity contribution in [2.45, 2.75) is 20.8 Å². The fraction of sp³-hybridized carbons (Fsp3) is 0.364. The highest BCUT2D eigenvalue weighted by molar-refractivity contribution is 5.69.